The molecule has 1 atom stereocenters. The SMILES string of the molecule is CCCNCCNC(=O)C(C)OC1CCCCCC1.Cl. The zero-order valence-electron chi connectivity index (χ0n) is 13.0. The number of amides is 1. The van der Waals surface area contributed by atoms with Crippen molar-refractivity contribution in [2.45, 2.75) is 71.0 Å². The third kappa shape index (κ3) is 8.77. The first kappa shape index (κ1) is 19.7. The molecule has 1 fully saturated rings. The topological polar surface area (TPSA) is 50.4 Å². The van der Waals surface area contributed by atoms with Gasteiger partial charge in [0.1, 0.15) is 6.10 Å². The highest BCUT2D eigenvalue weighted by atomic mass is 35.5. The van der Waals surface area contributed by atoms with Gasteiger partial charge in [0, 0.05) is 13.1 Å². The van der Waals surface area contributed by atoms with Crippen molar-refractivity contribution in [1.29, 1.82) is 0 Å². The van der Waals surface area contributed by atoms with Crippen molar-refractivity contribution in [2.75, 3.05) is 19.6 Å². The molecule has 1 aliphatic carbocycles. The Kier molecular flexibility index (Phi) is 12.2. The number of hydrogen-bond acceptors (Lipinski definition) is 3. The predicted octanol–water partition coefficient (Wildman–Crippen LogP) is 2.65. The molecule has 4 nitrogen and oxygen atoms in total. The molecule has 2 N–H and O–H groups in total. The van der Waals surface area contributed by atoms with Crippen LogP contribution in [0, 0.1) is 0 Å². The first-order chi connectivity index (χ1) is 9.24. The quantitative estimate of drug-likeness (QED) is 0.535. The molecule has 0 bridgehead atoms. The molecule has 1 saturated carbocycles. The van der Waals surface area contributed by atoms with Crippen LogP contribution in [0.15, 0.2) is 0 Å². The van der Waals surface area contributed by atoms with E-state index in [1.165, 1.54) is 25.7 Å². The lowest BCUT2D eigenvalue weighted by atomic mass is 10.1. The normalized spacial score (nSPS) is 17.9. The molecular formula is C15H31ClN2O2. The highest BCUT2D eigenvalue weighted by Crippen LogP contribution is 2.20. The van der Waals surface area contributed by atoms with Crippen molar-refractivity contribution in [3.05, 3.63) is 0 Å². The summed E-state index contributed by atoms with van der Waals surface area (Å²) in [6, 6.07) is 0. The zero-order chi connectivity index (χ0) is 13.9. The van der Waals surface area contributed by atoms with E-state index in [2.05, 4.69) is 17.6 Å². The van der Waals surface area contributed by atoms with Gasteiger partial charge in [0.15, 0.2) is 0 Å². The molecule has 1 amide bonds. The van der Waals surface area contributed by atoms with Crippen molar-refractivity contribution in [1.82, 2.24) is 10.6 Å². The van der Waals surface area contributed by atoms with Crippen LogP contribution < -0.4 is 10.6 Å². The number of ether oxygens (including phenoxy) is 1. The van der Waals surface area contributed by atoms with E-state index in [0.29, 0.717) is 6.54 Å². The van der Waals surface area contributed by atoms with Gasteiger partial charge in [-0.3, -0.25) is 4.79 Å². The Morgan fingerprint density at radius 1 is 1.15 bits per heavy atom. The summed E-state index contributed by atoms with van der Waals surface area (Å²) in [5.74, 6) is 0.0162. The Hall–Kier alpha value is -0.320. The third-order valence-corrected chi connectivity index (χ3v) is 3.60. The van der Waals surface area contributed by atoms with E-state index in [4.69, 9.17) is 4.74 Å². The maximum absolute atomic E-state index is 11.9. The summed E-state index contributed by atoms with van der Waals surface area (Å²) in [4.78, 5) is 11.9. The Labute approximate surface area is 129 Å². The molecule has 0 saturated heterocycles. The average molecular weight is 307 g/mol. The van der Waals surface area contributed by atoms with Crippen LogP contribution in [-0.2, 0) is 9.53 Å². The predicted molar refractivity (Wildman–Crippen MR) is 85.5 cm³/mol. The van der Waals surface area contributed by atoms with Crippen LogP contribution in [-0.4, -0.2) is 37.7 Å². The molecule has 1 rings (SSSR count). The number of nitrogens with one attached hydrogen (secondary N) is 2. The largest absolute Gasteiger partial charge is 0.365 e. The van der Waals surface area contributed by atoms with Crippen molar-refractivity contribution in [2.24, 2.45) is 0 Å². The molecule has 0 radical (unpaired) electrons. The molecule has 1 aliphatic rings. The van der Waals surface area contributed by atoms with Gasteiger partial charge >= 0.3 is 0 Å². The number of halogens is 1. The molecule has 0 spiro atoms. The zero-order valence-corrected chi connectivity index (χ0v) is 13.8. The second-order valence-corrected chi connectivity index (χ2v) is 5.43. The third-order valence-electron chi connectivity index (χ3n) is 3.60. The van der Waals surface area contributed by atoms with Crippen LogP contribution in [0.5, 0.6) is 0 Å². The fourth-order valence-corrected chi connectivity index (χ4v) is 2.45. The first-order valence-corrected chi connectivity index (χ1v) is 7.88. The summed E-state index contributed by atoms with van der Waals surface area (Å²) in [7, 11) is 0. The average Bonchev–Trinajstić information content (AvgIpc) is 2.67. The highest BCUT2D eigenvalue weighted by Gasteiger charge is 2.19. The Balaban J connectivity index is 0.00000361. The van der Waals surface area contributed by atoms with Gasteiger partial charge in [0.2, 0.25) is 5.91 Å². The van der Waals surface area contributed by atoms with Crippen LogP contribution in [0.2, 0.25) is 0 Å². The Morgan fingerprint density at radius 3 is 2.40 bits per heavy atom. The minimum absolute atomic E-state index is 0. The van der Waals surface area contributed by atoms with E-state index < -0.39 is 0 Å². The van der Waals surface area contributed by atoms with Gasteiger partial charge in [-0.15, -0.1) is 12.4 Å². The molecule has 120 valence electrons. The summed E-state index contributed by atoms with van der Waals surface area (Å²) in [5.41, 5.74) is 0. The summed E-state index contributed by atoms with van der Waals surface area (Å²) in [6.45, 7) is 6.50. The number of carbonyl (C=O) groups excluding carboxylic acids is 1. The van der Waals surface area contributed by atoms with E-state index in [1.54, 1.807) is 0 Å². The fraction of sp³-hybridized carbons (Fsp3) is 0.933. The molecule has 0 aromatic carbocycles. The van der Waals surface area contributed by atoms with Crippen molar-refractivity contribution < 1.29 is 9.53 Å². The number of carbonyl (C=O) groups is 1. The molecule has 1 unspecified atom stereocenters. The Bertz CT molecular complexity index is 244. The van der Waals surface area contributed by atoms with Gasteiger partial charge in [-0.05, 0) is 32.7 Å². The van der Waals surface area contributed by atoms with E-state index in [-0.39, 0.29) is 30.5 Å². The summed E-state index contributed by atoms with van der Waals surface area (Å²) < 4.78 is 5.88. The Morgan fingerprint density at radius 2 is 1.80 bits per heavy atom. The van der Waals surface area contributed by atoms with Crippen molar-refractivity contribution >= 4 is 18.3 Å². The van der Waals surface area contributed by atoms with E-state index >= 15 is 0 Å². The standard InChI is InChI=1S/C15H30N2O2.ClH/c1-3-10-16-11-12-17-15(18)13(2)19-14-8-6-4-5-7-9-14;/h13-14,16H,3-12H2,1-2H3,(H,17,18);1H. The lowest BCUT2D eigenvalue weighted by Gasteiger charge is -2.20. The highest BCUT2D eigenvalue weighted by molar-refractivity contribution is 5.85. The minimum atomic E-state index is -0.325. The minimum Gasteiger partial charge on any atom is -0.365 e. The summed E-state index contributed by atoms with van der Waals surface area (Å²) in [5, 5.41) is 6.18. The van der Waals surface area contributed by atoms with E-state index in [9.17, 15) is 4.79 Å². The first-order valence-electron chi connectivity index (χ1n) is 7.88. The molecule has 0 heterocycles. The second-order valence-electron chi connectivity index (χ2n) is 5.43. The number of hydrogen-bond donors (Lipinski definition) is 2. The molecular weight excluding hydrogens is 276 g/mol. The van der Waals surface area contributed by atoms with Gasteiger partial charge in [0.25, 0.3) is 0 Å². The summed E-state index contributed by atoms with van der Waals surface area (Å²) >= 11 is 0. The fourth-order valence-electron chi connectivity index (χ4n) is 2.45. The van der Waals surface area contributed by atoms with Crippen LogP contribution in [0.25, 0.3) is 0 Å². The van der Waals surface area contributed by atoms with Gasteiger partial charge in [-0.2, -0.15) is 0 Å². The second kappa shape index (κ2) is 12.4. The van der Waals surface area contributed by atoms with E-state index in [0.717, 1.165) is 32.4 Å². The van der Waals surface area contributed by atoms with Gasteiger partial charge in [0.05, 0.1) is 6.10 Å². The van der Waals surface area contributed by atoms with E-state index in [1.807, 2.05) is 6.92 Å². The monoisotopic (exact) mass is 306 g/mol. The smallest absolute Gasteiger partial charge is 0.248 e. The molecule has 5 heteroatoms. The molecule has 0 aliphatic heterocycles. The van der Waals surface area contributed by atoms with Gasteiger partial charge in [-0.25, -0.2) is 0 Å². The van der Waals surface area contributed by atoms with Crippen LogP contribution in [0.4, 0.5) is 0 Å². The van der Waals surface area contributed by atoms with Crippen molar-refractivity contribution in [3.63, 3.8) is 0 Å². The van der Waals surface area contributed by atoms with Gasteiger partial charge < -0.3 is 15.4 Å². The maximum atomic E-state index is 11.9. The van der Waals surface area contributed by atoms with Crippen LogP contribution >= 0.6 is 12.4 Å². The van der Waals surface area contributed by atoms with Gasteiger partial charge in [-0.1, -0.05) is 32.6 Å². The lowest BCUT2D eigenvalue weighted by Crippen LogP contribution is -2.40. The summed E-state index contributed by atoms with van der Waals surface area (Å²) in [6.07, 6.45) is 8.38. The number of rotatable bonds is 8. The van der Waals surface area contributed by atoms with Crippen molar-refractivity contribution in [3.8, 4) is 0 Å². The maximum Gasteiger partial charge on any atom is 0.248 e. The van der Waals surface area contributed by atoms with Crippen LogP contribution in [0.1, 0.15) is 58.8 Å². The lowest BCUT2D eigenvalue weighted by molar-refractivity contribution is -0.135. The van der Waals surface area contributed by atoms with Crippen LogP contribution in [0.3, 0.4) is 0 Å². The molecule has 0 aromatic rings. The molecule has 0 aromatic heterocycles. The molecule has 20 heavy (non-hydrogen) atoms.